The van der Waals surface area contributed by atoms with Crippen molar-refractivity contribution >= 4 is 23.3 Å². The van der Waals surface area contributed by atoms with Crippen molar-refractivity contribution < 1.29 is 22.9 Å². The molecule has 3 rings (SSSR count). The summed E-state index contributed by atoms with van der Waals surface area (Å²) >= 11 is 0. The first-order valence-electron chi connectivity index (χ1n) is 7.73. The SMILES string of the molecule is CCc1noc(C)c1NC(=O)c1cc(N2CCNC2=O)c(F)cc1F. The summed E-state index contributed by atoms with van der Waals surface area (Å²) in [6.07, 6.45) is 0.512. The summed E-state index contributed by atoms with van der Waals surface area (Å²) in [5, 5.41) is 8.86. The Morgan fingerprint density at radius 1 is 1.40 bits per heavy atom. The minimum absolute atomic E-state index is 0.153. The van der Waals surface area contributed by atoms with E-state index in [0.717, 1.165) is 11.0 Å². The Kier molecular flexibility index (Phi) is 4.39. The van der Waals surface area contributed by atoms with Gasteiger partial charge in [-0.15, -0.1) is 0 Å². The number of aromatic nitrogens is 1. The number of nitrogens with one attached hydrogen (secondary N) is 2. The smallest absolute Gasteiger partial charge is 0.322 e. The Balaban J connectivity index is 1.94. The maximum Gasteiger partial charge on any atom is 0.322 e. The molecular weight excluding hydrogens is 334 g/mol. The molecule has 0 bridgehead atoms. The van der Waals surface area contributed by atoms with Gasteiger partial charge >= 0.3 is 6.03 Å². The molecule has 0 saturated carbocycles. The summed E-state index contributed by atoms with van der Waals surface area (Å²) in [7, 11) is 0. The van der Waals surface area contributed by atoms with Crippen molar-refractivity contribution in [1.82, 2.24) is 10.5 Å². The normalized spacial score (nSPS) is 13.9. The number of hydrogen-bond donors (Lipinski definition) is 2. The molecule has 1 saturated heterocycles. The number of halogens is 2. The summed E-state index contributed by atoms with van der Waals surface area (Å²) in [6.45, 7) is 4.02. The number of carbonyl (C=O) groups excluding carboxylic acids is 2. The fourth-order valence-corrected chi connectivity index (χ4v) is 2.62. The van der Waals surface area contributed by atoms with E-state index in [0.29, 0.717) is 36.2 Å². The summed E-state index contributed by atoms with van der Waals surface area (Å²) in [4.78, 5) is 25.3. The first-order valence-corrected chi connectivity index (χ1v) is 7.73. The molecule has 1 aromatic heterocycles. The van der Waals surface area contributed by atoms with Crippen LogP contribution in [0.1, 0.15) is 28.7 Å². The van der Waals surface area contributed by atoms with Gasteiger partial charge in [-0.25, -0.2) is 13.6 Å². The molecule has 2 aromatic rings. The second-order valence-corrected chi connectivity index (χ2v) is 5.54. The Hall–Kier alpha value is -2.97. The Bertz CT molecular complexity index is 850. The van der Waals surface area contributed by atoms with E-state index in [2.05, 4.69) is 15.8 Å². The van der Waals surface area contributed by atoms with E-state index in [1.165, 1.54) is 0 Å². The van der Waals surface area contributed by atoms with E-state index >= 15 is 0 Å². The van der Waals surface area contributed by atoms with Crippen molar-refractivity contribution in [3.8, 4) is 0 Å². The van der Waals surface area contributed by atoms with Gasteiger partial charge in [0.25, 0.3) is 5.91 Å². The highest BCUT2D eigenvalue weighted by molar-refractivity contribution is 6.06. The predicted octanol–water partition coefficient (Wildman–Crippen LogP) is 2.61. The number of urea groups is 1. The lowest BCUT2D eigenvalue weighted by Gasteiger charge is -2.16. The topological polar surface area (TPSA) is 87.5 Å². The van der Waals surface area contributed by atoms with Crippen molar-refractivity contribution in [1.29, 1.82) is 0 Å². The third-order valence-corrected chi connectivity index (χ3v) is 3.94. The van der Waals surface area contributed by atoms with Gasteiger partial charge in [0.15, 0.2) is 5.76 Å². The van der Waals surface area contributed by atoms with Crippen LogP contribution in [0, 0.1) is 18.6 Å². The van der Waals surface area contributed by atoms with Gasteiger partial charge in [-0.05, 0) is 19.4 Å². The number of carbonyl (C=O) groups is 2. The number of benzene rings is 1. The van der Waals surface area contributed by atoms with Crippen molar-refractivity contribution in [3.63, 3.8) is 0 Å². The molecule has 2 heterocycles. The molecule has 7 nitrogen and oxygen atoms in total. The van der Waals surface area contributed by atoms with Crippen LogP contribution in [0.4, 0.5) is 25.0 Å². The maximum atomic E-state index is 14.1. The van der Waals surface area contributed by atoms with Crippen LogP contribution in [0.2, 0.25) is 0 Å². The van der Waals surface area contributed by atoms with E-state index in [-0.39, 0.29) is 17.8 Å². The molecule has 3 amide bonds. The van der Waals surface area contributed by atoms with Crippen LogP contribution in [0.25, 0.3) is 0 Å². The van der Waals surface area contributed by atoms with E-state index < -0.39 is 23.6 Å². The van der Waals surface area contributed by atoms with Crippen molar-refractivity contribution in [2.75, 3.05) is 23.3 Å². The average Bonchev–Trinajstić information content (AvgIpc) is 3.14. The molecule has 0 aliphatic carbocycles. The summed E-state index contributed by atoms with van der Waals surface area (Å²) in [5.41, 5.74) is 0.349. The maximum absolute atomic E-state index is 14.1. The zero-order valence-corrected chi connectivity index (χ0v) is 13.7. The Morgan fingerprint density at radius 2 is 2.16 bits per heavy atom. The standard InChI is InChI=1S/C16H16F2N4O3/c1-3-12-14(8(2)25-21-12)20-15(23)9-6-13(11(18)7-10(9)17)22-5-4-19-16(22)24/h6-7H,3-5H2,1-2H3,(H,19,24)(H,20,23). The molecule has 0 unspecified atom stereocenters. The lowest BCUT2D eigenvalue weighted by molar-refractivity contribution is 0.102. The monoisotopic (exact) mass is 350 g/mol. The zero-order valence-electron chi connectivity index (χ0n) is 13.7. The molecule has 0 radical (unpaired) electrons. The highest BCUT2D eigenvalue weighted by Crippen LogP contribution is 2.27. The van der Waals surface area contributed by atoms with Crippen LogP contribution in [0.15, 0.2) is 16.7 Å². The second-order valence-electron chi connectivity index (χ2n) is 5.54. The van der Waals surface area contributed by atoms with Crippen molar-refractivity contribution in [3.05, 3.63) is 40.8 Å². The van der Waals surface area contributed by atoms with E-state index in [1.54, 1.807) is 6.92 Å². The van der Waals surface area contributed by atoms with Crippen LogP contribution in [-0.4, -0.2) is 30.2 Å². The molecule has 132 valence electrons. The number of aryl methyl sites for hydroxylation is 2. The summed E-state index contributed by atoms with van der Waals surface area (Å²) in [6, 6.07) is 1.12. The number of rotatable bonds is 4. The molecule has 2 N–H and O–H groups in total. The number of nitrogens with zero attached hydrogens (tertiary/aromatic N) is 2. The third-order valence-electron chi connectivity index (χ3n) is 3.94. The lowest BCUT2D eigenvalue weighted by atomic mass is 10.1. The van der Waals surface area contributed by atoms with Gasteiger partial charge in [0, 0.05) is 19.2 Å². The highest BCUT2D eigenvalue weighted by atomic mass is 19.1. The van der Waals surface area contributed by atoms with Gasteiger partial charge in [-0.3, -0.25) is 9.69 Å². The van der Waals surface area contributed by atoms with Crippen LogP contribution in [-0.2, 0) is 6.42 Å². The minimum Gasteiger partial charge on any atom is -0.359 e. The molecule has 1 aliphatic heterocycles. The molecule has 1 aliphatic rings. The van der Waals surface area contributed by atoms with Crippen molar-refractivity contribution in [2.24, 2.45) is 0 Å². The average molecular weight is 350 g/mol. The first-order chi connectivity index (χ1) is 11.9. The van der Waals surface area contributed by atoms with Gasteiger partial charge in [0.05, 0.1) is 11.3 Å². The summed E-state index contributed by atoms with van der Waals surface area (Å²) in [5.74, 6) is -2.33. The second kappa shape index (κ2) is 6.50. The third kappa shape index (κ3) is 3.04. The van der Waals surface area contributed by atoms with Gasteiger partial charge in [0.2, 0.25) is 0 Å². The molecule has 9 heteroatoms. The Labute approximate surface area is 142 Å². The molecule has 1 aromatic carbocycles. The van der Waals surface area contributed by atoms with Crippen molar-refractivity contribution in [2.45, 2.75) is 20.3 Å². The number of amides is 3. The van der Waals surface area contributed by atoms with E-state index in [4.69, 9.17) is 4.52 Å². The van der Waals surface area contributed by atoms with E-state index in [1.807, 2.05) is 6.92 Å². The lowest BCUT2D eigenvalue weighted by Crippen LogP contribution is -2.29. The zero-order chi connectivity index (χ0) is 18.1. The van der Waals surface area contributed by atoms with Crippen LogP contribution >= 0.6 is 0 Å². The fourth-order valence-electron chi connectivity index (χ4n) is 2.62. The van der Waals surface area contributed by atoms with Crippen LogP contribution in [0.3, 0.4) is 0 Å². The van der Waals surface area contributed by atoms with Crippen LogP contribution < -0.4 is 15.5 Å². The molecule has 0 spiro atoms. The highest BCUT2D eigenvalue weighted by Gasteiger charge is 2.27. The van der Waals surface area contributed by atoms with E-state index in [9.17, 15) is 18.4 Å². The molecule has 0 atom stereocenters. The number of hydrogen-bond acceptors (Lipinski definition) is 4. The first kappa shape index (κ1) is 16.9. The van der Waals surface area contributed by atoms with Gasteiger partial charge in [-0.2, -0.15) is 0 Å². The largest absolute Gasteiger partial charge is 0.359 e. The van der Waals surface area contributed by atoms with Gasteiger partial charge in [0.1, 0.15) is 23.0 Å². The molecule has 25 heavy (non-hydrogen) atoms. The summed E-state index contributed by atoms with van der Waals surface area (Å²) < 4.78 is 33.2. The Morgan fingerprint density at radius 3 is 2.80 bits per heavy atom. The quantitative estimate of drug-likeness (QED) is 0.887. The molecular formula is C16H16F2N4O3. The van der Waals surface area contributed by atoms with Gasteiger partial charge < -0.3 is 15.2 Å². The predicted molar refractivity (Wildman–Crippen MR) is 85.7 cm³/mol. The number of anilines is 2. The molecule has 1 fully saturated rings. The van der Waals surface area contributed by atoms with Crippen LogP contribution in [0.5, 0.6) is 0 Å². The minimum atomic E-state index is -1.02. The fraction of sp³-hybridized carbons (Fsp3) is 0.312. The van der Waals surface area contributed by atoms with Gasteiger partial charge in [-0.1, -0.05) is 12.1 Å².